The molecule has 1 aliphatic carbocycles. The van der Waals surface area contributed by atoms with Gasteiger partial charge in [-0.1, -0.05) is 48.5 Å². The van der Waals surface area contributed by atoms with Gasteiger partial charge in [-0.15, -0.1) is 11.3 Å². The van der Waals surface area contributed by atoms with E-state index in [1.807, 2.05) is 60.7 Å². The molecule has 0 amide bonds. The topological polar surface area (TPSA) is 59.1 Å². The molecule has 0 spiro atoms. The van der Waals surface area contributed by atoms with E-state index in [0.717, 1.165) is 11.3 Å². The van der Waals surface area contributed by atoms with E-state index in [9.17, 15) is 9.59 Å². The van der Waals surface area contributed by atoms with Gasteiger partial charge >= 0.3 is 0 Å². The molecule has 0 fully saturated rings. The van der Waals surface area contributed by atoms with Crippen molar-refractivity contribution in [3.63, 3.8) is 0 Å². The summed E-state index contributed by atoms with van der Waals surface area (Å²) in [5.74, 6) is -0.517. The Morgan fingerprint density at radius 3 is 2.20 bits per heavy atom. The van der Waals surface area contributed by atoms with Crippen molar-refractivity contribution >= 4 is 44.5 Å². The van der Waals surface area contributed by atoms with Gasteiger partial charge in [-0.3, -0.25) is 9.59 Å². The summed E-state index contributed by atoms with van der Waals surface area (Å²) in [6.07, 6.45) is 0. The summed E-state index contributed by atoms with van der Waals surface area (Å²) in [7, 11) is 0. The molecule has 6 heteroatoms. The van der Waals surface area contributed by atoms with E-state index in [-0.39, 0.29) is 27.4 Å². The largest absolute Gasteiger partial charge is 0.351 e. The van der Waals surface area contributed by atoms with Crippen LogP contribution in [0.2, 0.25) is 0 Å². The fourth-order valence-corrected chi connectivity index (χ4v) is 4.16. The average molecular weight is 411 g/mol. The maximum atomic E-state index is 12.9. The van der Waals surface area contributed by atoms with E-state index >= 15 is 0 Å². The summed E-state index contributed by atoms with van der Waals surface area (Å²) in [6, 6.07) is 18.8. The van der Waals surface area contributed by atoms with Crippen molar-refractivity contribution in [1.29, 1.82) is 0 Å². The van der Waals surface area contributed by atoms with Crippen LogP contribution in [0.1, 0.15) is 20.2 Å². The highest BCUT2D eigenvalue weighted by Gasteiger charge is 2.35. The number of nitrogens with zero attached hydrogens (tertiary/aromatic N) is 1. The molecule has 4 rings (SSSR count). The van der Waals surface area contributed by atoms with Crippen molar-refractivity contribution in [2.24, 2.45) is 0 Å². The second-order valence-corrected chi connectivity index (χ2v) is 7.19. The molecule has 1 N–H and O–H groups in total. The molecule has 3 aromatic rings. The quantitative estimate of drug-likeness (QED) is 0.666. The van der Waals surface area contributed by atoms with Crippen molar-refractivity contribution in [2.75, 3.05) is 5.32 Å². The van der Waals surface area contributed by atoms with Gasteiger partial charge in [-0.2, -0.15) is 0 Å². The van der Waals surface area contributed by atoms with Crippen LogP contribution in [0.15, 0.2) is 70.8 Å². The van der Waals surface area contributed by atoms with E-state index in [1.165, 1.54) is 11.3 Å². The summed E-state index contributed by atoms with van der Waals surface area (Å²) in [5, 5.41) is 3.69. The summed E-state index contributed by atoms with van der Waals surface area (Å²) < 4.78 is 0.233. The van der Waals surface area contributed by atoms with Gasteiger partial charge in [0, 0.05) is 11.3 Å². The number of Topliss-reactive ketones (excluding diaryl/α,β-unsaturated/α-hetero) is 2. The monoisotopic (exact) mass is 410 g/mol. The van der Waals surface area contributed by atoms with Gasteiger partial charge in [-0.25, -0.2) is 4.98 Å². The minimum Gasteiger partial charge on any atom is -0.351 e. The van der Waals surface area contributed by atoms with Crippen LogP contribution in [0, 0.1) is 0 Å². The number of para-hydroxylation sites is 1. The molecule has 2 aromatic carbocycles. The van der Waals surface area contributed by atoms with E-state index in [0.29, 0.717) is 9.88 Å². The minimum absolute atomic E-state index is 0.204. The Morgan fingerprint density at radius 2 is 1.52 bits per heavy atom. The molecule has 1 heterocycles. The highest BCUT2D eigenvalue weighted by Crippen LogP contribution is 2.36. The highest BCUT2D eigenvalue weighted by molar-refractivity contribution is 9.12. The number of carbonyl (C=O) groups is 2. The first kappa shape index (κ1) is 15.9. The molecule has 0 unspecified atom stereocenters. The standard InChI is InChI=1S/C19H11BrN2O2S/c20-13-14(21-12-9-5-2-6-10-12)17(24)15-18(16(13)23)25-19(22-15)11-7-3-1-4-8-11/h1-10,21H. The van der Waals surface area contributed by atoms with Gasteiger partial charge < -0.3 is 5.32 Å². The maximum Gasteiger partial charge on any atom is 0.230 e. The predicted octanol–water partition coefficient (Wildman–Crippen LogP) is 4.91. The number of benzene rings is 2. The van der Waals surface area contributed by atoms with E-state index in [1.54, 1.807) is 0 Å². The first-order valence-electron chi connectivity index (χ1n) is 7.52. The van der Waals surface area contributed by atoms with Gasteiger partial charge in [0.25, 0.3) is 0 Å². The zero-order valence-electron chi connectivity index (χ0n) is 12.8. The lowest BCUT2D eigenvalue weighted by atomic mass is 10.0. The number of aromatic nitrogens is 1. The molecular formula is C19H11BrN2O2S. The number of allylic oxidation sites excluding steroid dienone is 2. The first-order chi connectivity index (χ1) is 12.1. The number of hydrogen-bond acceptors (Lipinski definition) is 5. The zero-order valence-corrected chi connectivity index (χ0v) is 15.2. The third kappa shape index (κ3) is 2.83. The van der Waals surface area contributed by atoms with E-state index in [4.69, 9.17) is 0 Å². The SMILES string of the molecule is O=C1C(Nc2ccccc2)=C(Br)C(=O)c2sc(-c3ccccc3)nc21. The normalized spacial score (nSPS) is 13.8. The number of fused-ring (bicyclic) bond motifs is 1. The van der Waals surface area contributed by atoms with Gasteiger partial charge in [0.2, 0.25) is 11.6 Å². The Kier molecular flexibility index (Phi) is 4.07. The van der Waals surface area contributed by atoms with Crippen molar-refractivity contribution in [1.82, 2.24) is 4.98 Å². The van der Waals surface area contributed by atoms with Gasteiger partial charge in [0.05, 0.1) is 4.48 Å². The lowest BCUT2D eigenvalue weighted by molar-refractivity contribution is 0.0983. The number of nitrogens with one attached hydrogen (secondary N) is 1. The van der Waals surface area contributed by atoms with Crippen molar-refractivity contribution < 1.29 is 9.59 Å². The van der Waals surface area contributed by atoms with E-state index in [2.05, 4.69) is 26.2 Å². The number of carbonyl (C=O) groups excluding carboxylic acids is 2. The average Bonchev–Trinajstić information content (AvgIpc) is 3.11. The molecule has 4 nitrogen and oxygen atoms in total. The van der Waals surface area contributed by atoms with Crippen LogP contribution in [0.3, 0.4) is 0 Å². The first-order valence-corrected chi connectivity index (χ1v) is 9.13. The maximum absolute atomic E-state index is 12.9. The molecule has 1 aromatic heterocycles. The minimum atomic E-state index is -0.288. The van der Waals surface area contributed by atoms with Gasteiger partial charge in [-0.05, 0) is 28.1 Å². The second-order valence-electron chi connectivity index (χ2n) is 5.40. The summed E-state index contributed by atoms with van der Waals surface area (Å²) in [6.45, 7) is 0. The smallest absolute Gasteiger partial charge is 0.230 e. The molecular weight excluding hydrogens is 400 g/mol. The van der Waals surface area contributed by atoms with Crippen molar-refractivity contribution in [2.45, 2.75) is 0 Å². The summed E-state index contributed by atoms with van der Waals surface area (Å²) >= 11 is 4.52. The van der Waals surface area contributed by atoms with Crippen LogP contribution >= 0.6 is 27.3 Å². The van der Waals surface area contributed by atoms with Crippen LogP contribution < -0.4 is 5.32 Å². The van der Waals surface area contributed by atoms with E-state index < -0.39 is 0 Å². The second kappa shape index (κ2) is 6.38. The fraction of sp³-hybridized carbons (Fsp3) is 0. The van der Waals surface area contributed by atoms with Crippen LogP contribution in [-0.2, 0) is 0 Å². The van der Waals surface area contributed by atoms with Crippen LogP contribution in [0.5, 0.6) is 0 Å². The number of rotatable bonds is 3. The lowest BCUT2D eigenvalue weighted by Gasteiger charge is -2.15. The third-order valence-corrected chi connectivity index (χ3v) is 5.62. The number of halogens is 1. The molecule has 0 saturated heterocycles. The molecule has 1 aliphatic rings. The molecule has 0 radical (unpaired) electrons. The Bertz CT molecular complexity index is 1010. The predicted molar refractivity (Wildman–Crippen MR) is 102 cm³/mol. The Morgan fingerprint density at radius 1 is 0.880 bits per heavy atom. The van der Waals surface area contributed by atoms with Gasteiger partial charge in [0.1, 0.15) is 21.3 Å². The van der Waals surface area contributed by atoms with Crippen molar-refractivity contribution in [3.8, 4) is 10.6 Å². The zero-order chi connectivity index (χ0) is 17.4. The summed E-state index contributed by atoms with van der Waals surface area (Å²) in [4.78, 5) is 30.3. The Hall–Kier alpha value is -2.57. The Labute approximate surface area is 156 Å². The fourth-order valence-electron chi connectivity index (χ4n) is 2.54. The molecule has 0 atom stereocenters. The molecule has 0 bridgehead atoms. The number of hydrogen-bond donors (Lipinski definition) is 1. The highest BCUT2D eigenvalue weighted by atomic mass is 79.9. The lowest BCUT2D eigenvalue weighted by Crippen LogP contribution is -2.23. The Balaban J connectivity index is 1.75. The molecule has 0 aliphatic heterocycles. The van der Waals surface area contributed by atoms with Gasteiger partial charge in [0.15, 0.2) is 0 Å². The van der Waals surface area contributed by atoms with Crippen LogP contribution in [0.25, 0.3) is 10.6 Å². The van der Waals surface area contributed by atoms with Crippen LogP contribution in [-0.4, -0.2) is 16.6 Å². The van der Waals surface area contributed by atoms with Crippen molar-refractivity contribution in [3.05, 3.63) is 81.4 Å². The van der Waals surface area contributed by atoms with Crippen LogP contribution in [0.4, 0.5) is 5.69 Å². The third-order valence-electron chi connectivity index (χ3n) is 3.76. The molecule has 0 saturated carbocycles. The molecule has 25 heavy (non-hydrogen) atoms. The number of thiazole rings is 1. The number of ketones is 2. The number of anilines is 1. The summed E-state index contributed by atoms with van der Waals surface area (Å²) in [5.41, 5.74) is 2.04. The molecule has 122 valence electrons.